The third-order valence-corrected chi connectivity index (χ3v) is 3.26. The molecule has 1 N–H and O–H groups in total. The van der Waals surface area contributed by atoms with Gasteiger partial charge in [-0.2, -0.15) is 0 Å². The summed E-state index contributed by atoms with van der Waals surface area (Å²) in [6, 6.07) is 0. The first-order chi connectivity index (χ1) is 6.93. The van der Waals surface area contributed by atoms with Crippen molar-refractivity contribution in [2.24, 2.45) is 0 Å². The Labute approximate surface area is 84.0 Å². The molecule has 3 rings (SSSR count). The number of aryl methyl sites for hydroxylation is 2. The number of nitrogens with one attached hydrogen (secondary N) is 1. The van der Waals surface area contributed by atoms with Crippen LogP contribution < -0.4 is 5.32 Å². The van der Waals surface area contributed by atoms with E-state index < -0.39 is 0 Å². The predicted molar refractivity (Wildman–Crippen MR) is 54.3 cm³/mol. The van der Waals surface area contributed by atoms with Gasteiger partial charge in [0.25, 0.3) is 0 Å². The van der Waals surface area contributed by atoms with Gasteiger partial charge in [0, 0.05) is 24.4 Å². The third-order valence-electron chi connectivity index (χ3n) is 3.26. The van der Waals surface area contributed by atoms with Gasteiger partial charge >= 0.3 is 0 Å². The average molecular weight is 189 g/mol. The summed E-state index contributed by atoms with van der Waals surface area (Å²) in [6.45, 7) is 2.17. The molecule has 1 atom stereocenters. The van der Waals surface area contributed by atoms with Gasteiger partial charge in [0.15, 0.2) is 0 Å². The topological polar surface area (TPSA) is 37.8 Å². The van der Waals surface area contributed by atoms with Crippen LogP contribution in [0.4, 0.5) is 0 Å². The SMILES string of the molecule is c1nc(C2CCNC2)nc2c1CCC2. The van der Waals surface area contributed by atoms with Crippen molar-refractivity contribution >= 4 is 0 Å². The van der Waals surface area contributed by atoms with E-state index in [1.54, 1.807) is 0 Å². The highest BCUT2D eigenvalue weighted by Crippen LogP contribution is 2.23. The van der Waals surface area contributed by atoms with Crippen molar-refractivity contribution in [1.82, 2.24) is 15.3 Å². The Hall–Kier alpha value is -0.960. The molecule has 3 nitrogen and oxygen atoms in total. The van der Waals surface area contributed by atoms with Crippen LogP contribution in [0.25, 0.3) is 0 Å². The first-order valence-corrected chi connectivity index (χ1v) is 5.49. The Kier molecular flexibility index (Phi) is 1.98. The first-order valence-electron chi connectivity index (χ1n) is 5.49. The van der Waals surface area contributed by atoms with E-state index >= 15 is 0 Å². The lowest BCUT2D eigenvalue weighted by Crippen LogP contribution is -2.11. The summed E-state index contributed by atoms with van der Waals surface area (Å²) in [5.41, 5.74) is 2.68. The van der Waals surface area contributed by atoms with Crippen LogP contribution >= 0.6 is 0 Å². The van der Waals surface area contributed by atoms with Crippen LogP contribution in [0.15, 0.2) is 6.20 Å². The predicted octanol–water partition coefficient (Wildman–Crippen LogP) is 1.04. The fraction of sp³-hybridized carbons (Fsp3) is 0.636. The molecule has 1 aromatic heterocycles. The highest BCUT2D eigenvalue weighted by atomic mass is 15.0. The summed E-state index contributed by atoms with van der Waals surface area (Å²) in [7, 11) is 0. The number of rotatable bonds is 1. The van der Waals surface area contributed by atoms with Gasteiger partial charge in [-0.1, -0.05) is 0 Å². The maximum absolute atomic E-state index is 4.68. The molecule has 0 aromatic carbocycles. The molecule has 1 unspecified atom stereocenters. The number of hydrogen-bond donors (Lipinski definition) is 1. The number of aromatic nitrogens is 2. The Balaban J connectivity index is 1.91. The van der Waals surface area contributed by atoms with E-state index in [1.165, 1.54) is 30.5 Å². The van der Waals surface area contributed by atoms with Gasteiger partial charge in [-0.15, -0.1) is 0 Å². The minimum absolute atomic E-state index is 0.556. The van der Waals surface area contributed by atoms with Crippen molar-refractivity contribution in [1.29, 1.82) is 0 Å². The number of fused-ring (bicyclic) bond motifs is 1. The lowest BCUT2D eigenvalue weighted by molar-refractivity contribution is 0.693. The molecule has 1 aromatic rings. The molecule has 0 radical (unpaired) electrons. The largest absolute Gasteiger partial charge is 0.316 e. The molecule has 3 heteroatoms. The molecule has 1 fully saturated rings. The summed E-state index contributed by atoms with van der Waals surface area (Å²) in [5.74, 6) is 1.62. The molecular formula is C11H15N3. The lowest BCUT2D eigenvalue weighted by Gasteiger charge is -2.07. The molecule has 2 aliphatic rings. The van der Waals surface area contributed by atoms with Gasteiger partial charge in [0.05, 0.1) is 0 Å². The third kappa shape index (κ3) is 1.32. The number of nitrogens with zero attached hydrogens (tertiary/aromatic N) is 2. The van der Waals surface area contributed by atoms with Crippen LogP contribution in [0.1, 0.15) is 35.8 Å². The van der Waals surface area contributed by atoms with Gasteiger partial charge in [-0.3, -0.25) is 0 Å². The summed E-state index contributed by atoms with van der Waals surface area (Å²) in [5, 5.41) is 3.36. The average Bonchev–Trinajstić information content (AvgIpc) is 2.88. The first kappa shape index (κ1) is 8.36. The van der Waals surface area contributed by atoms with E-state index in [1.807, 2.05) is 6.20 Å². The van der Waals surface area contributed by atoms with E-state index in [-0.39, 0.29) is 0 Å². The molecule has 14 heavy (non-hydrogen) atoms. The highest BCUT2D eigenvalue weighted by Gasteiger charge is 2.21. The Morgan fingerprint density at radius 3 is 3.21 bits per heavy atom. The maximum atomic E-state index is 4.68. The summed E-state index contributed by atoms with van der Waals surface area (Å²) >= 11 is 0. The maximum Gasteiger partial charge on any atom is 0.132 e. The summed E-state index contributed by atoms with van der Waals surface area (Å²) < 4.78 is 0. The Morgan fingerprint density at radius 1 is 1.36 bits per heavy atom. The fourth-order valence-corrected chi connectivity index (χ4v) is 2.40. The van der Waals surface area contributed by atoms with Crippen molar-refractivity contribution in [3.63, 3.8) is 0 Å². The van der Waals surface area contributed by atoms with E-state index in [2.05, 4.69) is 15.3 Å². The lowest BCUT2D eigenvalue weighted by atomic mass is 10.1. The Bertz CT molecular complexity index is 342. The second-order valence-corrected chi connectivity index (χ2v) is 4.24. The second kappa shape index (κ2) is 3.31. The second-order valence-electron chi connectivity index (χ2n) is 4.24. The van der Waals surface area contributed by atoms with Gasteiger partial charge in [-0.05, 0) is 37.8 Å². The van der Waals surface area contributed by atoms with Crippen LogP contribution in [0.5, 0.6) is 0 Å². The van der Waals surface area contributed by atoms with Crippen LogP contribution in [-0.4, -0.2) is 23.1 Å². The van der Waals surface area contributed by atoms with Crippen LogP contribution in [0.2, 0.25) is 0 Å². The van der Waals surface area contributed by atoms with Gasteiger partial charge < -0.3 is 5.32 Å². The highest BCUT2D eigenvalue weighted by molar-refractivity contribution is 5.23. The molecule has 0 saturated carbocycles. The van der Waals surface area contributed by atoms with Crippen LogP contribution in [0.3, 0.4) is 0 Å². The summed E-state index contributed by atoms with van der Waals surface area (Å²) in [6.07, 6.45) is 6.84. The monoisotopic (exact) mass is 189 g/mol. The van der Waals surface area contributed by atoms with E-state index in [9.17, 15) is 0 Å². The molecule has 2 heterocycles. The van der Waals surface area contributed by atoms with Crippen molar-refractivity contribution in [2.75, 3.05) is 13.1 Å². The number of hydrogen-bond acceptors (Lipinski definition) is 3. The van der Waals surface area contributed by atoms with Crippen LogP contribution in [-0.2, 0) is 12.8 Å². The molecule has 74 valence electrons. The minimum Gasteiger partial charge on any atom is -0.316 e. The van der Waals surface area contributed by atoms with Crippen molar-refractivity contribution in [3.8, 4) is 0 Å². The summed E-state index contributed by atoms with van der Waals surface area (Å²) in [4.78, 5) is 9.17. The zero-order chi connectivity index (χ0) is 9.38. The Morgan fingerprint density at radius 2 is 2.36 bits per heavy atom. The van der Waals surface area contributed by atoms with Gasteiger partial charge in [0.2, 0.25) is 0 Å². The van der Waals surface area contributed by atoms with Crippen molar-refractivity contribution in [3.05, 3.63) is 23.3 Å². The molecule has 1 aliphatic carbocycles. The van der Waals surface area contributed by atoms with Crippen molar-refractivity contribution < 1.29 is 0 Å². The normalized spacial score (nSPS) is 25.3. The smallest absolute Gasteiger partial charge is 0.132 e. The molecular weight excluding hydrogens is 174 g/mol. The fourth-order valence-electron chi connectivity index (χ4n) is 2.40. The molecule has 1 aliphatic heterocycles. The molecule has 0 bridgehead atoms. The van der Waals surface area contributed by atoms with E-state index in [4.69, 9.17) is 0 Å². The zero-order valence-corrected chi connectivity index (χ0v) is 8.29. The quantitative estimate of drug-likeness (QED) is 0.717. The van der Waals surface area contributed by atoms with E-state index in [0.29, 0.717) is 5.92 Å². The van der Waals surface area contributed by atoms with Gasteiger partial charge in [0.1, 0.15) is 5.82 Å². The molecule has 0 amide bonds. The van der Waals surface area contributed by atoms with E-state index in [0.717, 1.165) is 25.3 Å². The van der Waals surface area contributed by atoms with Gasteiger partial charge in [-0.25, -0.2) is 9.97 Å². The van der Waals surface area contributed by atoms with Crippen LogP contribution in [0, 0.1) is 0 Å². The molecule has 0 spiro atoms. The zero-order valence-electron chi connectivity index (χ0n) is 8.29. The minimum atomic E-state index is 0.556. The standard InChI is InChI=1S/C11H15N3/c1-2-8-7-13-11(14-10(8)3-1)9-4-5-12-6-9/h7,9,12H,1-6H2. The van der Waals surface area contributed by atoms with Crippen molar-refractivity contribution in [2.45, 2.75) is 31.6 Å². The molecule has 1 saturated heterocycles.